The lowest BCUT2D eigenvalue weighted by atomic mass is 10.2. The van der Waals surface area contributed by atoms with Gasteiger partial charge in [0.05, 0.1) is 0 Å². The highest BCUT2D eigenvalue weighted by atomic mass is 35.5. The summed E-state index contributed by atoms with van der Waals surface area (Å²) >= 11 is 6.04. The first-order chi connectivity index (χ1) is 8.99. The standard InChI is InChI=1S/C13H11ClFN3O/c1-7-6-8(2-3-10(7)15)19-13-11(14)9(12(16)17)4-5-18-13/h2-6H,1H3,(H3,16,17). The van der Waals surface area contributed by atoms with Crippen LogP contribution in [0.5, 0.6) is 11.6 Å². The van der Waals surface area contributed by atoms with Crippen LogP contribution in [0, 0.1) is 18.2 Å². The second kappa shape index (κ2) is 5.24. The van der Waals surface area contributed by atoms with Crippen molar-refractivity contribution in [1.29, 1.82) is 5.41 Å². The summed E-state index contributed by atoms with van der Waals surface area (Å²) in [6.07, 6.45) is 1.44. The minimum absolute atomic E-state index is 0.125. The van der Waals surface area contributed by atoms with Gasteiger partial charge in [0.25, 0.3) is 0 Å². The third-order valence-corrected chi connectivity index (χ3v) is 2.86. The molecular weight excluding hydrogens is 269 g/mol. The Morgan fingerprint density at radius 3 is 2.79 bits per heavy atom. The molecule has 0 aliphatic rings. The first-order valence-electron chi connectivity index (χ1n) is 5.42. The van der Waals surface area contributed by atoms with Crippen molar-refractivity contribution < 1.29 is 9.13 Å². The van der Waals surface area contributed by atoms with Crippen molar-refractivity contribution in [3.63, 3.8) is 0 Å². The van der Waals surface area contributed by atoms with Crippen LogP contribution in [-0.2, 0) is 0 Å². The van der Waals surface area contributed by atoms with E-state index in [0.717, 1.165) is 0 Å². The van der Waals surface area contributed by atoms with Gasteiger partial charge < -0.3 is 10.5 Å². The van der Waals surface area contributed by atoms with Crippen LogP contribution in [0.3, 0.4) is 0 Å². The molecule has 4 nitrogen and oxygen atoms in total. The zero-order valence-corrected chi connectivity index (χ0v) is 10.8. The van der Waals surface area contributed by atoms with E-state index in [1.54, 1.807) is 6.92 Å². The Morgan fingerprint density at radius 2 is 2.16 bits per heavy atom. The lowest BCUT2D eigenvalue weighted by molar-refractivity contribution is 0.460. The van der Waals surface area contributed by atoms with E-state index in [-0.39, 0.29) is 22.6 Å². The van der Waals surface area contributed by atoms with E-state index >= 15 is 0 Å². The Hall–Kier alpha value is -2.14. The van der Waals surface area contributed by atoms with Crippen molar-refractivity contribution in [1.82, 2.24) is 4.98 Å². The van der Waals surface area contributed by atoms with E-state index in [1.807, 2.05) is 0 Å². The van der Waals surface area contributed by atoms with E-state index in [1.165, 1.54) is 30.5 Å². The molecule has 1 aromatic heterocycles. The van der Waals surface area contributed by atoms with Crippen molar-refractivity contribution in [2.45, 2.75) is 6.92 Å². The SMILES string of the molecule is Cc1cc(Oc2nccc(C(=N)N)c2Cl)ccc1F. The maximum atomic E-state index is 13.1. The van der Waals surface area contributed by atoms with Crippen LogP contribution in [0.2, 0.25) is 5.02 Å². The van der Waals surface area contributed by atoms with Gasteiger partial charge in [0, 0.05) is 11.8 Å². The van der Waals surface area contributed by atoms with Gasteiger partial charge in [0.1, 0.15) is 22.4 Å². The highest BCUT2D eigenvalue weighted by Crippen LogP contribution is 2.30. The molecule has 0 aliphatic carbocycles. The van der Waals surface area contributed by atoms with E-state index < -0.39 is 0 Å². The van der Waals surface area contributed by atoms with Gasteiger partial charge in [-0.3, -0.25) is 5.41 Å². The number of amidine groups is 1. The Morgan fingerprint density at radius 1 is 1.42 bits per heavy atom. The number of hydrogen-bond acceptors (Lipinski definition) is 3. The summed E-state index contributed by atoms with van der Waals surface area (Å²) in [5.41, 5.74) is 6.18. The predicted octanol–water partition coefficient (Wildman–Crippen LogP) is 3.26. The molecular formula is C13H11ClFN3O. The number of hydrogen-bond donors (Lipinski definition) is 2. The van der Waals surface area contributed by atoms with Crippen LogP contribution in [0.4, 0.5) is 4.39 Å². The monoisotopic (exact) mass is 279 g/mol. The molecule has 0 unspecified atom stereocenters. The van der Waals surface area contributed by atoms with Crippen LogP contribution in [0.1, 0.15) is 11.1 Å². The molecule has 0 atom stereocenters. The number of aryl methyl sites for hydroxylation is 1. The Balaban J connectivity index is 2.35. The number of ether oxygens (including phenoxy) is 1. The highest BCUT2D eigenvalue weighted by Gasteiger charge is 2.12. The summed E-state index contributed by atoms with van der Waals surface area (Å²) in [4.78, 5) is 3.97. The number of pyridine rings is 1. The first kappa shape index (κ1) is 13.3. The van der Waals surface area contributed by atoms with Gasteiger partial charge in [-0.15, -0.1) is 0 Å². The van der Waals surface area contributed by atoms with Gasteiger partial charge in [0.15, 0.2) is 0 Å². The molecule has 0 saturated carbocycles. The summed E-state index contributed by atoms with van der Waals surface area (Å²) in [5.74, 6) is 0.0470. The van der Waals surface area contributed by atoms with Crippen molar-refractivity contribution in [3.05, 3.63) is 52.4 Å². The molecule has 1 heterocycles. The second-order valence-corrected chi connectivity index (χ2v) is 4.28. The van der Waals surface area contributed by atoms with Crippen LogP contribution in [0.15, 0.2) is 30.5 Å². The third-order valence-electron chi connectivity index (χ3n) is 2.49. The number of aromatic nitrogens is 1. The minimum Gasteiger partial charge on any atom is -0.438 e. The van der Waals surface area contributed by atoms with E-state index in [9.17, 15) is 4.39 Å². The number of nitrogens with zero attached hydrogens (tertiary/aromatic N) is 1. The molecule has 0 spiro atoms. The smallest absolute Gasteiger partial charge is 0.238 e. The van der Waals surface area contributed by atoms with Gasteiger partial charge in [-0.1, -0.05) is 11.6 Å². The Kier molecular flexibility index (Phi) is 3.66. The van der Waals surface area contributed by atoms with Gasteiger partial charge >= 0.3 is 0 Å². The quantitative estimate of drug-likeness (QED) is 0.669. The molecule has 2 rings (SSSR count). The fourth-order valence-electron chi connectivity index (χ4n) is 1.50. The average Bonchev–Trinajstić information content (AvgIpc) is 2.36. The number of nitrogen functional groups attached to an aromatic ring is 1. The second-order valence-electron chi connectivity index (χ2n) is 3.90. The summed E-state index contributed by atoms with van der Waals surface area (Å²) in [6.45, 7) is 1.63. The van der Waals surface area contributed by atoms with Crippen LogP contribution in [0.25, 0.3) is 0 Å². The summed E-state index contributed by atoms with van der Waals surface area (Å²) in [7, 11) is 0. The summed E-state index contributed by atoms with van der Waals surface area (Å²) in [6, 6.07) is 5.83. The van der Waals surface area contributed by atoms with Gasteiger partial charge in [-0.2, -0.15) is 0 Å². The summed E-state index contributed by atoms with van der Waals surface area (Å²) < 4.78 is 18.6. The van der Waals surface area contributed by atoms with E-state index in [0.29, 0.717) is 16.9 Å². The third kappa shape index (κ3) is 2.82. The predicted molar refractivity (Wildman–Crippen MR) is 71.5 cm³/mol. The molecule has 2 aromatic rings. The van der Waals surface area contributed by atoms with Crippen LogP contribution < -0.4 is 10.5 Å². The number of rotatable bonds is 3. The summed E-state index contributed by atoms with van der Waals surface area (Å²) in [5, 5.41) is 7.53. The molecule has 98 valence electrons. The topological polar surface area (TPSA) is 72.0 Å². The molecule has 0 bridgehead atoms. The molecule has 3 N–H and O–H groups in total. The molecule has 0 fully saturated rings. The van der Waals surface area contributed by atoms with Crippen molar-refractivity contribution in [2.24, 2.45) is 5.73 Å². The number of halogens is 2. The fourth-order valence-corrected chi connectivity index (χ4v) is 1.75. The zero-order chi connectivity index (χ0) is 14.0. The minimum atomic E-state index is -0.316. The van der Waals surface area contributed by atoms with Gasteiger partial charge in [-0.25, -0.2) is 9.37 Å². The fraction of sp³-hybridized carbons (Fsp3) is 0.0769. The lowest BCUT2D eigenvalue weighted by Gasteiger charge is -2.09. The highest BCUT2D eigenvalue weighted by molar-refractivity contribution is 6.35. The van der Waals surface area contributed by atoms with Crippen molar-refractivity contribution in [3.8, 4) is 11.6 Å². The van der Waals surface area contributed by atoms with Crippen LogP contribution >= 0.6 is 11.6 Å². The van der Waals surface area contributed by atoms with Crippen LogP contribution in [-0.4, -0.2) is 10.8 Å². The van der Waals surface area contributed by atoms with Crippen molar-refractivity contribution in [2.75, 3.05) is 0 Å². The maximum Gasteiger partial charge on any atom is 0.238 e. The van der Waals surface area contributed by atoms with Gasteiger partial charge in [0.2, 0.25) is 5.88 Å². The first-order valence-corrected chi connectivity index (χ1v) is 5.79. The largest absolute Gasteiger partial charge is 0.438 e. The molecule has 0 aliphatic heterocycles. The molecule has 0 radical (unpaired) electrons. The normalized spacial score (nSPS) is 10.3. The average molecular weight is 280 g/mol. The number of benzene rings is 1. The Labute approximate surface area is 114 Å². The Bertz CT molecular complexity index is 646. The van der Waals surface area contributed by atoms with Gasteiger partial charge in [-0.05, 0) is 36.8 Å². The molecule has 19 heavy (non-hydrogen) atoms. The van der Waals surface area contributed by atoms with E-state index in [4.69, 9.17) is 27.5 Å². The van der Waals surface area contributed by atoms with E-state index in [2.05, 4.69) is 4.98 Å². The molecule has 1 aromatic carbocycles. The number of nitrogens with one attached hydrogen (secondary N) is 1. The molecule has 0 amide bonds. The zero-order valence-electron chi connectivity index (χ0n) is 10.1. The molecule has 0 saturated heterocycles. The maximum absolute atomic E-state index is 13.1. The molecule has 6 heteroatoms. The number of nitrogens with two attached hydrogens (primary N) is 1. The lowest BCUT2D eigenvalue weighted by Crippen LogP contribution is -2.12. The van der Waals surface area contributed by atoms with Crippen molar-refractivity contribution >= 4 is 17.4 Å².